The van der Waals surface area contributed by atoms with Crippen molar-refractivity contribution in [1.82, 2.24) is 20.0 Å². The van der Waals surface area contributed by atoms with Crippen LogP contribution in [0.4, 0.5) is 0 Å². The van der Waals surface area contributed by atoms with Gasteiger partial charge in [0, 0.05) is 20.6 Å². The molecule has 7 heteroatoms. The highest BCUT2D eigenvalue weighted by atomic mass is 16.4. The van der Waals surface area contributed by atoms with Crippen LogP contribution in [-0.4, -0.2) is 51.3 Å². The fourth-order valence-corrected chi connectivity index (χ4v) is 2.50. The summed E-state index contributed by atoms with van der Waals surface area (Å²) in [5.74, 6) is -1.00. The van der Waals surface area contributed by atoms with Gasteiger partial charge in [0.15, 0.2) is 0 Å². The lowest BCUT2D eigenvalue weighted by Crippen LogP contribution is -2.41. The van der Waals surface area contributed by atoms with Gasteiger partial charge in [-0.2, -0.15) is 5.10 Å². The van der Waals surface area contributed by atoms with E-state index in [-0.39, 0.29) is 17.5 Å². The molecule has 1 saturated heterocycles. The third kappa shape index (κ3) is 2.60. The molecular formula is C12H18N4O3. The van der Waals surface area contributed by atoms with Gasteiger partial charge in [-0.1, -0.05) is 0 Å². The number of aromatic carboxylic acids is 1. The fourth-order valence-electron chi connectivity index (χ4n) is 2.50. The molecule has 0 saturated carbocycles. The first-order chi connectivity index (χ1) is 9.04. The molecule has 2 N–H and O–H groups in total. The summed E-state index contributed by atoms with van der Waals surface area (Å²) in [6.45, 7) is 1.22. The number of likely N-dealkylation sites (tertiary alicyclic amines) is 1. The first-order valence-electron chi connectivity index (χ1n) is 6.24. The molecule has 1 aliphatic heterocycles. The Morgan fingerprint density at radius 1 is 1.58 bits per heavy atom. The average molecular weight is 266 g/mol. The molecule has 1 unspecified atom stereocenters. The van der Waals surface area contributed by atoms with Crippen LogP contribution in [0.25, 0.3) is 0 Å². The average Bonchev–Trinajstić information content (AvgIpc) is 2.97. The number of nitrogens with zero attached hydrogens (tertiary/aromatic N) is 3. The van der Waals surface area contributed by atoms with Gasteiger partial charge in [0.2, 0.25) is 5.91 Å². The molecule has 1 aromatic rings. The normalized spacial score (nSPS) is 19.6. The number of aryl methyl sites for hydroxylation is 1. The first-order valence-corrected chi connectivity index (χ1v) is 6.24. The highest BCUT2D eigenvalue weighted by Crippen LogP contribution is 2.21. The molecule has 7 nitrogen and oxygen atoms in total. The molecule has 2 heterocycles. The number of carboxylic acid groups (broad SMARTS) is 1. The van der Waals surface area contributed by atoms with Crippen LogP contribution in [0.15, 0.2) is 6.20 Å². The molecule has 0 aromatic carbocycles. The second-order valence-electron chi connectivity index (χ2n) is 4.68. The molecule has 0 spiro atoms. The summed E-state index contributed by atoms with van der Waals surface area (Å²) in [5, 5.41) is 15.8. The van der Waals surface area contributed by atoms with Gasteiger partial charge in [0.1, 0.15) is 5.56 Å². The number of carboxylic acids is 1. The molecule has 1 amide bonds. The maximum atomic E-state index is 11.8. The summed E-state index contributed by atoms with van der Waals surface area (Å²) in [6, 6.07) is -0.179. The van der Waals surface area contributed by atoms with Crippen LogP contribution < -0.4 is 5.32 Å². The van der Waals surface area contributed by atoms with Crippen molar-refractivity contribution in [3.05, 3.63) is 17.5 Å². The number of hydrogen-bond donors (Lipinski definition) is 2. The number of carbonyl (C=O) groups excluding carboxylic acids is 1. The van der Waals surface area contributed by atoms with Gasteiger partial charge in [-0.25, -0.2) is 4.79 Å². The van der Waals surface area contributed by atoms with Crippen molar-refractivity contribution in [2.24, 2.45) is 7.05 Å². The van der Waals surface area contributed by atoms with E-state index >= 15 is 0 Å². The maximum absolute atomic E-state index is 11.8. The molecule has 0 bridgehead atoms. The summed E-state index contributed by atoms with van der Waals surface area (Å²) < 4.78 is 1.56. The Kier molecular flexibility index (Phi) is 3.84. The number of rotatable bonds is 4. The molecular weight excluding hydrogens is 248 g/mol. The van der Waals surface area contributed by atoms with Gasteiger partial charge in [-0.3, -0.25) is 14.4 Å². The maximum Gasteiger partial charge on any atom is 0.339 e. The van der Waals surface area contributed by atoms with Crippen molar-refractivity contribution >= 4 is 11.9 Å². The van der Waals surface area contributed by atoms with E-state index < -0.39 is 5.97 Å². The van der Waals surface area contributed by atoms with Gasteiger partial charge in [0.05, 0.1) is 17.9 Å². The van der Waals surface area contributed by atoms with Gasteiger partial charge >= 0.3 is 5.97 Å². The summed E-state index contributed by atoms with van der Waals surface area (Å²) in [5.41, 5.74) is 0.827. The minimum atomic E-state index is -0.987. The van der Waals surface area contributed by atoms with Crippen molar-refractivity contribution in [1.29, 1.82) is 0 Å². The minimum absolute atomic E-state index is 0.0171. The van der Waals surface area contributed by atoms with Crippen LogP contribution in [0.2, 0.25) is 0 Å². The Balaban J connectivity index is 2.19. The van der Waals surface area contributed by atoms with Crippen molar-refractivity contribution in [3.63, 3.8) is 0 Å². The van der Waals surface area contributed by atoms with Crippen molar-refractivity contribution in [2.75, 3.05) is 13.6 Å². The molecule has 104 valence electrons. The number of carbonyl (C=O) groups is 2. The molecule has 1 atom stereocenters. The molecule has 1 fully saturated rings. The Bertz CT molecular complexity index is 497. The minimum Gasteiger partial charge on any atom is -0.478 e. The molecule has 1 aliphatic rings. The zero-order valence-electron chi connectivity index (χ0n) is 11.1. The lowest BCUT2D eigenvalue weighted by molar-refractivity contribution is -0.125. The summed E-state index contributed by atoms with van der Waals surface area (Å²) in [6.07, 6.45) is 3.10. The number of amides is 1. The topological polar surface area (TPSA) is 87.5 Å². The predicted molar refractivity (Wildman–Crippen MR) is 67.7 cm³/mol. The third-order valence-corrected chi connectivity index (χ3v) is 3.56. The zero-order chi connectivity index (χ0) is 14.0. The van der Waals surface area contributed by atoms with E-state index in [2.05, 4.69) is 10.4 Å². The van der Waals surface area contributed by atoms with Crippen molar-refractivity contribution in [2.45, 2.75) is 25.4 Å². The van der Waals surface area contributed by atoms with Crippen LogP contribution in [0.5, 0.6) is 0 Å². The van der Waals surface area contributed by atoms with Gasteiger partial charge in [-0.15, -0.1) is 0 Å². The van der Waals surface area contributed by atoms with Crippen LogP contribution in [0.3, 0.4) is 0 Å². The standard InChI is InChI=1S/C12H18N4O3/c1-13-11(17)9-4-3-5-16(9)7-10-8(12(18)19)6-14-15(10)2/h6,9H,3-5,7H2,1-2H3,(H,13,17)(H,18,19). The molecule has 2 rings (SSSR count). The predicted octanol–water partition coefficient (Wildman–Crippen LogP) is -0.171. The SMILES string of the molecule is CNC(=O)C1CCCN1Cc1c(C(=O)O)cnn1C. The van der Waals surface area contributed by atoms with Crippen molar-refractivity contribution < 1.29 is 14.7 Å². The molecule has 19 heavy (non-hydrogen) atoms. The van der Waals surface area contributed by atoms with Gasteiger partial charge in [0.25, 0.3) is 0 Å². The lowest BCUT2D eigenvalue weighted by atomic mass is 10.2. The van der Waals surface area contributed by atoms with Crippen molar-refractivity contribution in [3.8, 4) is 0 Å². The van der Waals surface area contributed by atoms with Crippen LogP contribution in [0.1, 0.15) is 28.9 Å². The largest absolute Gasteiger partial charge is 0.478 e. The molecule has 0 radical (unpaired) electrons. The summed E-state index contributed by atoms with van der Waals surface area (Å²) in [4.78, 5) is 24.9. The van der Waals surface area contributed by atoms with Crippen LogP contribution >= 0.6 is 0 Å². The second-order valence-corrected chi connectivity index (χ2v) is 4.68. The number of hydrogen-bond acceptors (Lipinski definition) is 4. The Morgan fingerprint density at radius 2 is 2.32 bits per heavy atom. The summed E-state index contributed by atoms with van der Waals surface area (Å²) >= 11 is 0. The smallest absolute Gasteiger partial charge is 0.339 e. The lowest BCUT2D eigenvalue weighted by Gasteiger charge is -2.23. The quantitative estimate of drug-likeness (QED) is 0.790. The van der Waals surface area contributed by atoms with E-state index in [9.17, 15) is 9.59 Å². The van der Waals surface area contributed by atoms with E-state index in [1.54, 1.807) is 18.8 Å². The van der Waals surface area contributed by atoms with E-state index in [1.165, 1.54) is 6.20 Å². The number of nitrogens with one attached hydrogen (secondary N) is 1. The van der Waals surface area contributed by atoms with Gasteiger partial charge < -0.3 is 10.4 Å². The van der Waals surface area contributed by atoms with E-state index in [4.69, 9.17) is 5.11 Å². The van der Waals surface area contributed by atoms with E-state index in [0.29, 0.717) is 12.2 Å². The highest BCUT2D eigenvalue weighted by molar-refractivity contribution is 5.88. The highest BCUT2D eigenvalue weighted by Gasteiger charge is 2.31. The third-order valence-electron chi connectivity index (χ3n) is 3.56. The monoisotopic (exact) mass is 266 g/mol. The van der Waals surface area contributed by atoms with Crippen LogP contribution in [0, 0.1) is 0 Å². The van der Waals surface area contributed by atoms with E-state index in [0.717, 1.165) is 19.4 Å². The molecule has 1 aromatic heterocycles. The summed E-state index contributed by atoms with van der Waals surface area (Å²) in [7, 11) is 3.33. The fraction of sp³-hybridized carbons (Fsp3) is 0.583. The number of aromatic nitrogens is 2. The molecule has 0 aliphatic carbocycles. The Morgan fingerprint density at radius 3 is 2.95 bits per heavy atom. The second kappa shape index (κ2) is 5.40. The van der Waals surface area contributed by atoms with E-state index in [1.807, 2.05) is 4.90 Å². The Labute approximate surface area is 111 Å². The van der Waals surface area contributed by atoms with Crippen LogP contribution in [-0.2, 0) is 18.4 Å². The van der Waals surface area contributed by atoms with Gasteiger partial charge in [-0.05, 0) is 19.4 Å². The Hall–Kier alpha value is -1.89. The zero-order valence-corrected chi connectivity index (χ0v) is 11.1. The number of likely N-dealkylation sites (N-methyl/N-ethyl adjacent to an activating group) is 1. The first kappa shape index (κ1) is 13.5.